The van der Waals surface area contributed by atoms with Gasteiger partial charge < -0.3 is 20.6 Å². The summed E-state index contributed by atoms with van der Waals surface area (Å²) in [4.78, 5) is 44.2. The van der Waals surface area contributed by atoms with Gasteiger partial charge in [-0.3, -0.25) is 14.4 Å². The molecule has 1 aromatic rings. The van der Waals surface area contributed by atoms with E-state index in [1.807, 2.05) is 45.0 Å². The number of benzene rings is 1. The number of likely N-dealkylation sites (tertiary alicyclic amines) is 1. The lowest BCUT2D eigenvalue weighted by atomic mass is 9.85. The summed E-state index contributed by atoms with van der Waals surface area (Å²) >= 11 is 3.39. The van der Waals surface area contributed by atoms with E-state index in [1.165, 1.54) is 11.8 Å². The lowest BCUT2D eigenvalue weighted by Crippen LogP contribution is -2.57. The van der Waals surface area contributed by atoms with E-state index >= 15 is 0 Å². The number of nitrogens with one attached hydrogen (secondary N) is 2. The van der Waals surface area contributed by atoms with Crippen molar-refractivity contribution in [3.05, 3.63) is 34.3 Å². The number of aliphatic hydroxyl groups excluding tert-OH is 1. The molecule has 170 valence electrons. The van der Waals surface area contributed by atoms with E-state index in [9.17, 15) is 19.5 Å². The summed E-state index contributed by atoms with van der Waals surface area (Å²) in [6.07, 6.45) is -0.482. The predicted octanol–water partition coefficient (Wildman–Crippen LogP) is 1.95. The Labute approximate surface area is 192 Å². The molecule has 3 amide bonds. The summed E-state index contributed by atoms with van der Waals surface area (Å²) < 4.78 is 0.893. The highest BCUT2D eigenvalue weighted by atomic mass is 79.9. The summed E-state index contributed by atoms with van der Waals surface area (Å²) in [5.41, 5.74) is -0.933. The van der Waals surface area contributed by atoms with E-state index in [0.29, 0.717) is 5.84 Å². The monoisotopic (exact) mass is 494 g/mol. The van der Waals surface area contributed by atoms with Crippen LogP contribution in [-0.4, -0.2) is 58.3 Å². The van der Waals surface area contributed by atoms with Gasteiger partial charge in [-0.15, -0.1) is 0 Å². The molecule has 0 radical (unpaired) electrons. The molecule has 0 aromatic heterocycles. The number of nitrogens with zero attached hydrogens (tertiary/aromatic N) is 2. The molecule has 9 heteroatoms. The number of aliphatic imine (C=N–C) groups is 1. The summed E-state index contributed by atoms with van der Waals surface area (Å²) in [5.74, 6) is -0.541. The minimum Gasteiger partial charge on any atom is -0.391 e. The third-order valence-corrected chi connectivity index (χ3v) is 6.30. The molecule has 1 saturated heterocycles. The molecule has 31 heavy (non-hydrogen) atoms. The van der Waals surface area contributed by atoms with E-state index in [2.05, 4.69) is 31.6 Å². The molecule has 8 nitrogen and oxygen atoms in total. The van der Waals surface area contributed by atoms with Crippen LogP contribution in [0.4, 0.5) is 0 Å². The minimum atomic E-state index is -1.13. The summed E-state index contributed by atoms with van der Waals surface area (Å²) in [6, 6.07) is 6.00. The molecule has 1 aromatic carbocycles. The zero-order valence-electron chi connectivity index (χ0n) is 18.4. The van der Waals surface area contributed by atoms with E-state index < -0.39 is 29.1 Å². The van der Waals surface area contributed by atoms with Gasteiger partial charge in [0, 0.05) is 25.8 Å². The summed E-state index contributed by atoms with van der Waals surface area (Å²) in [6.45, 7) is 8.81. The van der Waals surface area contributed by atoms with Gasteiger partial charge in [0.15, 0.2) is 5.54 Å². The van der Waals surface area contributed by atoms with Crippen molar-refractivity contribution in [2.45, 2.75) is 64.8 Å². The van der Waals surface area contributed by atoms with Gasteiger partial charge in [-0.25, -0.2) is 4.99 Å². The predicted molar refractivity (Wildman–Crippen MR) is 122 cm³/mol. The Morgan fingerprint density at radius 3 is 2.52 bits per heavy atom. The molecular weight excluding hydrogens is 464 g/mol. The molecule has 1 fully saturated rings. The maximum absolute atomic E-state index is 13.4. The number of carbonyl (C=O) groups excluding carboxylic acids is 3. The van der Waals surface area contributed by atoms with Gasteiger partial charge in [0.2, 0.25) is 11.8 Å². The van der Waals surface area contributed by atoms with Crippen molar-refractivity contribution < 1.29 is 20.9 Å². The highest BCUT2D eigenvalue weighted by molar-refractivity contribution is 9.10. The van der Waals surface area contributed by atoms with Gasteiger partial charge in [0.25, 0.3) is 5.91 Å². The normalized spacial score (nSPS) is 27.0. The third-order valence-electron chi connectivity index (χ3n) is 5.77. The lowest BCUT2D eigenvalue weighted by Gasteiger charge is -2.35. The second-order valence-electron chi connectivity index (χ2n) is 9.43. The van der Waals surface area contributed by atoms with Crippen LogP contribution in [0.1, 0.15) is 48.0 Å². The number of amides is 3. The van der Waals surface area contributed by atoms with Crippen LogP contribution in [0.2, 0.25) is 0 Å². The number of hydrogen-bond donors (Lipinski definition) is 3. The molecule has 2 aliphatic rings. The Morgan fingerprint density at radius 1 is 1.35 bits per heavy atom. The van der Waals surface area contributed by atoms with Gasteiger partial charge in [-0.05, 0) is 30.0 Å². The van der Waals surface area contributed by atoms with Crippen molar-refractivity contribution in [1.82, 2.24) is 15.5 Å². The third kappa shape index (κ3) is 4.67. The largest absolute Gasteiger partial charge is 0.391 e. The van der Waals surface area contributed by atoms with Crippen molar-refractivity contribution >= 4 is 39.5 Å². The second kappa shape index (κ2) is 8.35. The van der Waals surface area contributed by atoms with Crippen LogP contribution < -0.4 is 10.6 Å². The minimum absolute atomic E-state index is 0. The van der Waals surface area contributed by atoms with Gasteiger partial charge in [-0.2, -0.15) is 0 Å². The first-order valence-electron chi connectivity index (χ1n) is 10.3. The Balaban J connectivity index is 0.00000363. The lowest BCUT2D eigenvalue weighted by molar-refractivity contribution is -0.139. The fourth-order valence-corrected chi connectivity index (χ4v) is 4.28. The van der Waals surface area contributed by atoms with Gasteiger partial charge in [0.05, 0.1) is 12.1 Å². The van der Waals surface area contributed by atoms with Crippen LogP contribution in [0.25, 0.3) is 0 Å². The Hall–Kier alpha value is -2.26. The summed E-state index contributed by atoms with van der Waals surface area (Å²) in [5, 5.41) is 15.9. The average molecular weight is 495 g/mol. The molecule has 0 saturated carbocycles. The second-order valence-corrected chi connectivity index (χ2v) is 10.3. The molecular formula is C22H31BrN4O4. The van der Waals surface area contributed by atoms with E-state index in [0.717, 1.165) is 10.0 Å². The fraction of sp³-hybridized carbons (Fsp3) is 0.545. The van der Waals surface area contributed by atoms with E-state index in [1.54, 1.807) is 6.92 Å². The Kier molecular flexibility index (Phi) is 6.30. The van der Waals surface area contributed by atoms with Crippen LogP contribution in [-0.2, 0) is 19.9 Å². The molecule has 4 unspecified atom stereocenters. The summed E-state index contributed by atoms with van der Waals surface area (Å²) in [7, 11) is 0. The number of halogens is 1. The maximum Gasteiger partial charge on any atom is 0.257 e. The number of rotatable bonds is 4. The molecule has 0 bridgehead atoms. The molecule has 2 aliphatic heterocycles. The van der Waals surface area contributed by atoms with Crippen LogP contribution in [0, 0.1) is 5.41 Å². The van der Waals surface area contributed by atoms with Crippen molar-refractivity contribution in [3.63, 3.8) is 0 Å². The topological polar surface area (TPSA) is 111 Å². The van der Waals surface area contributed by atoms with Crippen molar-refractivity contribution in [3.8, 4) is 0 Å². The van der Waals surface area contributed by atoms with E-state index in [-0.39, 0.29) is 32.1 Å². The molecule has 4 atom stereocenters. The molecule has 3 N–H and O–H groups in total. The number of carbonyl (C=O) groups is 3. The number of amidine groups is 1. The van der Waals surface area contributed by atoms with Crippen LogP contribution in [0.15, 0.2) is 33.7 Å². The van der Waals surface area contributed by atoms with Crippen LogP contribution in [0.3, 0.4) is 0 Å². The number of aliphatic hydroxyl groups is 1. The molecule has 0 aliphatic carbocycles. The first-order chi connectivity index (χ1) is 14.3. The van der Waals surface area contributed by atoms with Gasteiger partial charge in [0.1, 0.15) is 11.9 Å². The molecule has 3 rings (SSSR count). The zero-order chi connectivity index (χ0) is 23.1. The quantitative estimate of drug-likeness (QED) is 0.593. The van der Waals surface area contributed by atoms with Crippen LogP contribution >= 0.6 is 15.9 Å². The first-order valence-corrected chi connectivity index (χ1v) is 11.0. The highest BCUT2D eigenvalue weighted by Gasteiger charge is 2.48. The molecule has 2 heterocycles. The maximum atomic E-state index is 13.4. The average Bonchev–Trinajstić information content (AvgIpc) is 3.19. The van der Waals surface area contributed by atoms with Crippen molar-refractivity contribution in [2.24, 2.45) is 10.4 Å². The highest BCUT2D eigenvalue weighted by Crippen LogP contribution is 2.33. The zero-order valence-corrected chi connectivity index (χ0v) is 20.0. The van der Waals surface area contributed by atoms with Crippen molar-refractivity contribution in [1.29, 1.82) is 0 Å². The smallest absolute Gasteiger partial charge is 0.257 e. The Morgan fingerprint density at radius 2 is 1.97 bits per heavy atom. The Bertz CT molecular complexity index is 931. The van der Waals surface area contributed by atoms with Crippen molar-refractivity contribution in [2.75, 3.05) is 6.54 Å². The van der Waals surface area contributed by atoms with Crippen LogP contribution in [0.5, 0.6) is 0 Å². The molecule has 0 spiro atoms. The fourth-order valence-electron chi connectivity index (χ4n) is 4.02. The first kappa shape index (κ1) is 23.4. The SMILES string of the molecule is CC(=O)NC(C(=O)N1CC(O)CC1C1=NC(C)(c2ccc(Br)cc2)C(=O)N1)C(C)(C)C.[HH]. The number of β-amino-alcohol motifs (C(OH)–C–C–N with tert-alkyl or cyclic N) is 1. The number of hydrogen-bond acceptors (Lipinski definition) is 5. The van der Waals surface area contributed by atoms with E-state index in [4.69, 9.17) is 0 Å². The standard InChI is InChI=1S/C22H29BrN4O4.H2/c1-12(28)24-17(21(2,3)4)19(30)27-11-15(29)10-16(27)18-25-20(31)22(5,26-18)13-6-8-14(23)9-7-13;/h6-9,15-17,29H,10-11H2,1-5H3,(H,24,28)(H,25,26,31);1H. The van der Waals surface area contributed by atoms with Gasteiger partial charge in [-0.1, -0.05) is 48.8 Å². The van der Waals surface area contributed by atoms with Gasteiger partial charge >= 0.3 is 0 Å².